The van der Waals surface area contributed by atoms with Gasteiger partial charge in [-0.1, -0.05) is 89.7 Å². The quantitative estimate of drug-likeness (QED) is 0.163. The number of thioether (sulfide) groups is 1. The number of amides is 3. The van der Waals surface area contributed by atoms with E-state index in [1.165, 1.54) is 11.8 Å². The fraction of sp³-hybridized carbons (Fsp3) is 0.667. The normalized spacial score (nSPS) is 19.2. The van der Waals surface area contributed by atoms with Gasteiger partial charge in [-0.3, -0.25) is 19.4 Å². The summed E-state index contributed by atoms with van der Waals surface area (Å²) in [5.74, 6) is -0.299. The van der Waals surface area contributed by atoms with Crippen molar-refractivity contribution in [2.75, 3.05) is 34.9 Å². The van der Waals surface area contributed by atoms with E-state index >= 15 is 0 Å². The van der Waals surface area contributed by atoms with Gasteiger partial charge >= 0.3 is 0 Å². The molecule has 1 aromatic carbocycles. The number of carbonyl (C=O) groups is 3. The minimum absolute atomic E-state index is 0.0493. The lowest BCUT2D eigenvalue weighted by atomic mass is 9.90. The molecule has 2 rings (SSSR count). The van der Waals surface area contributed by atoms with Crippen LogP contribution in [0.25, 0.3) is 0 Å². The molecular weight excluding hydrogens is 600 g/mol. The molecule has 3 amide bonds. The summed E-state index contributed by atoms with van der Waals surface area (Å²) < 4.78 is 11.9. The molecule has 7 atom stereocenters. The van der Waals surface area contributed by atoms with Crippen LogP contribution in [0.4, 0.5) is 0 Å². The summed E-state index contributed by atoms with van der Waals surface area (Å²) in [6.45, 7) is 14.5. The zero-order valence-electron chi connectivity index (χ0n) is 29.5. The van der Waals surface area contributed by atoms with Gasteiger partial charge in [0.1, 0.15) is 0 Å². The molecule has 10 heteroatoms. The summed E-state index contributed by atoms with van der Waals surface area (Å²) >= 11 is 1.40. The first-order valence-electron chi connectivity index (χ1n) is 16.6. The fourth-order valence-electron chi connectivity index (χ4n) is 6.55. The number of likely N-dealkylation sites (tertiary alicyclic amines) is 1. The Balaban J connectivity index is 2.24. The van der Waals surface area contributed by atoms with Gasteiger partial charge in [0.25, 0.3) is 0 Å². The van der Waals surface area contributed by atoms with E-state index in [1.807, 2.05) is 63.1 Å². The zero-order chi connectivity index (χ0) is 34.4. The Morgan fingerprint density at radius 3 is 2.35 bits per heavy atom. The van der Waals surface area contributed by atoms with Crippen molar-refractivity contribution in [3.8, 4) is 0 Å². The molecule has 0 spiro atoms. The Morgan fingerprint density at radius 1 is 1.13 bits per heavy atom. The van der Waals surface area contributed by atoms with Gasteiger partial charge in [0.2, 0.25) is 17.7 Å². The van der Waals surface area contributed by atoms with Crippen LogP contribution in [-0.2, 0) is 30.3 Å². The third kappa shape index (κ3) is 10.9. The molecule has 1 saturated heterocycles. The highest BCUT2D eigenvalue weighted by Crippen LogP contribution is 2.30. The van der Waals surface area contributed by atoms with Crippen LogP contribution < -0.4 is 5.32 Å². The number of methoxy groups -OCH3 is 2. The smallest absolute Gasteiger partial charge is 0.226 e. The Morgan fingerprint density at radius 2 is 1.80 bits per heavy atom. The van der Waals surface area contributed by atoms with Crippen molar-refractivity contribution in [1.29, 1.82) is 0 Å². The molecule has 0 aromatic heterocycles. The number of hydrogen-bond donors (Lipinski definition) is 1. The molecule has 1 fully saturated rings. The molecule has 0 radical (unpaired) electrons. The third-order valence-electron chi connectivity index (χ3n) is 9.21. The summed E-state index contributed by atoms with van der Waals surface area (Å²) in [7, 11) is 6.77. The summed E-state index contributed by atoms with van der Waals surface area (Å²) in [5, 5.41) is 5.70. The summed E-state index contributed by atoms with van der Waals surface area (Å²) in [4.78, 5) is 48.9. The van der Waals surface area contributed by atoms with Crippen LogP contribution in [0.3, 0.4) is 0 Å². The predicted molar refractivity (Wildman–Crippen MR) is 189 cm³/mol. The van der Waals surface area contributed by atoms with Crippen LogP contribution in [0.5, 0.6) is 0 Å². The van der Waals surface area contributed by atoms with E-state index in [0.29, 0.717) is 19.4 Å². The van der Waals surface area contributed by atoms with Gasteiger partial charge in [-0.05, 0) is 42.1 Å². The topological polar surface area (TPSA) is 101 Å². The number of nitrogens with zero attached hydrogens (tertiary/aromatic N) is 3. The highest BCUT2D eigenvalue weighted by molar-refractivity contribution is 8.16. The summed E-state index contributed by atoms with van der Waals surface area (Å²) in [6.07, 6.45) is 2.63. The standard InChI is InChI=1S/C36H58N4O5S/c1-11-25(5)33(39(8)31(41)21-24(3)4)30(44-9)23-32(42)40-20-16-19-29(40)34(45-10)26(6)35(43)38-28(36(37-7)46-12-2)22-27-17-14-13-15-18-27/h12-15,17-18,24-26,28-30,33-34H,2,11,16,19-23H2,1,3-10H3,(H,38,43)/b37-36-/t25-,26+,28-,29-,30+,33-,34+/m0/s1. The van der Waals surface area contributed by atoms with Crippen LogP contribution in [0, 0.1) is 17.8 Å². The molecule has 0 saturated carbocycles. The molecule has 1 aromatic rings. The maximum Gasteiger partial charge on any atom is 0.226 e. The van der Waals surface area contributed by atoms with Crippen LogP contribution >= 0.6 is 11.8 Å². The minimum Gasteiger partial charge on any atom is -0.379 e. The molecule has 1 heterocycles. The number of carbonyl (C=O) groups excluding carboxylic acids is 3. The lowest BCUT2D eigenvalue weighted by Crippen LogP contribution is -2.54. The number of rotatable bonds is 18. The van der Waals surface area contributed by atoms with E-state index in [-0.39, 0.29) is 54.1 Å². The summed E-state index contributed by atoms with van der Waals surface area (Å²) in [5.41, 5.74) is 1.09. The molecule has 0 bridgehead atoms. The Kier molecular flexibility index (Phi) is 17.0. The van der Waals surface area contributed by atoms with E-state index in [2.05, 4.69) is 30.7 Å². The minimum atomic E-state index is -0.528. The van der Waals surface area contributed by atoms with Gasteiger partial charge in [-0.25, -0.2) is 0 Å². The van der Waals surface area contributed by atoms with E-state index in [0.717, 1.165) is 29.9 Å². The fourth-order valence-corrected chi connectivity index (χ4v) is 7.13. The van der Waals surface area contributed by atoms with Crippen LogP contribution in [-0.4, -0.2) is 97.8 Å². The van der Waals surface area contributed by atoms with Crippen LogP contribution in [0.1, 0.15) is 72.3 Å². The van der Waals surface area contributed by atoms with E-state index in [9.17, 15) is 14.4 Å². The first-order valence-corrected chi connectivity index (χ1v) is 17.5. The number of ether oxygens (including phenoxy) is 2. The van der Waals surface area contributed by atoms with Gasteiger partial charge in [0.05, 0.1) is 47.7 Å². The molecule has 46 heavy (non-hydrogen) atoms. The maximum absolute atomic E-state index is 14.0. The van der Waals surface area contributed by atoms with Crippen molar-refractivity contribution < 1.29 is 23.9 Å². The average Bonchev–Trinajstić information content (AvgIpc) is 3.52. The molecular formula is C36H58N4O5S. The predicted octanol–water partition coefficient (Wildman–Crippen LogP) is 5.59. The van der Waals surface area contributed by atoms with Crippen molar-refractivity contribution >= 4 is 34.5 Å². The number of hydrogen-bond acceptors (Lipinski definition) is 7. The Labute approximate surface area is 281 Å². The first-order chi connectivity index (χ1) is 21.9. The average molecular weight is 659 g/mol. The third-order valence-corrected chi connectivity index (χ3v) is 10.1. The van der Waals surface area contributed by atoms with Crippen molar-refractivity contribution in [3.63, 3.8) is 0 Å². The largest absolute Gasteiger partial charge is 0.379 e. The monoisotopic (exact) mass is 658 g/mol. The second-order valence-corrected chi connectivity index (χ2v) is 13.8. The van der Waals surface area contributed by atoms with Crippen molar-refractivity contribution in [1.82, 2.24) is 15.1 Å². The van der Waals surface area contributed by atoms with Gasteiger partial charge in [-0.2, -0.15) is 0 Å². The number of benzene rings is 1. The van der Waals surface area contributed by atoms with Gasteiger partial charge < -0.3 is 24.6 Å². The molecule has 1 aliphatic heterocycles. The van der Waals surface area contributed by atoms with Crippen molar-refractivity contribution in [2.45, 2.75) is 103 Å². The van der Waals surface area contributed by atoms with E-state index < -0.39 is 18.1 Å². The van der Waals surface area contributed by atoms with Crippen molar-refractivity contribution in [2.24, 2.45) is 22.7 Å². The number of likely N-dealkylation sites (N-methyl/N-ethyl adjacent to an activating group) is 1. The Hall–Kier alpha value is -2.69. The van der Waals surface area contributed by atoms with Gasteiger partial charge in [0, 0.05) is 41.3 Å². The second-order valence-electron chi connectivity index (χ2n) is 12.8. The van der Waals surface area contributed by atoms with Crippen LogP contribution in [0.2, 0.25) is 0 Å². The van der Waals surface area contributed by atoms with E-state index in [1.54, 1.807) is 31.6 Å². The summed E-state index contributed by atoms with van der Waals surface area (Å²) in [6, 6.07) is 9.16. The van der Waals surface area contributed by atoms with E-state index in [4.69, 9.17) is 9.47 Å². The maximum atomic E-state index is 14.0. The molecule has 9 nitrogen and oxygen atoms in total. The van der Waals surface area contributed by atoms with Gasteiger partial charge in [0.15, 0.2) is 0 Å². The van der Waals surface area contributed by atoms with Crippen LogP contribution in [0.15, 0.2) is 47.3 Å². The lowest BCUT2D eigenvalue weighted by Gasteiger charge is -2.39. The first kappa shape index (κ1) is 39.5. The lowest BCUT2D eigenvalue weighted by molar-refractivity contribution is -0.146. The molecule has 258 valence electrons. The number of aliphatic imine (C=N–C) groups is 1. The molecule has 0 unspecified atom stereocenters. The highest BCUT2D eigenvalue weighted by Gasteiger charge is 2.42. The highest BCUT2D eigenvalue weighted by atomic mass is 32.2. The Bertz CT molecular complexity index is 1150. The zero-order valence-corrected chi connectivity index (χ0v) is 30.3. The SMILES string of the molecule is C=CS/C(=N\C)[C@H](Cc1ccccc1)NC(=O)[C@H](C)[C@@H](OC)[C@@H]1CCCN1C(=O)C[C@@H](OC)[C@H]([C@@H](C)CC)N(C)C(=O)CC(C)C. The molecule has 0 aliphatic carbocycles. The molecule has 1 N–H and O–H groups in total. The second kappa shape index (κ2) is 19.9. The molecule has 1 aliphatic rings. The number of nitrogens with one attached hydrogen (secondary N) is 1. The van der Waals surface area contributed by atoms with Crippen molar-refractivity contribution in [3.05, 3.63) is 47.9 Å². The van der Waals surface area contributed by atoms with Gasteiger partial charge in [-0.15, -0.1) is 0 Å².